The maximum atomic E-state index is 5.92. The monoisotopic (exact) mass is 381 g/mol. The standard InChI is InChI=1S/C25H49O2/c1-3-5-7-9-10-11-12-13-14-15-16-17-19-24-21-25(27-22-24)23-26-20-18-8-6-4-2/h24-25H,2-23H2,1H3. The highest BCUT2D eigenvalue weighted by Gasteiger charge is 2.24. The van der Waals surface area contributed by atoms with Gasteiger partial charge in [-0.25, -0.2) is 0 Å². The van der Waals surface area contributed by atoms with Crippen LogP contribution >= 0.6 is 0 Å². The molecule has 1 aliphatic heterocycles. The summed E-state index contributed by atoms with van der Waals surface area (Å²) >= 11 is 0. The number of unbranched alkanes of at least 4 members (excludes halogenated alkanes) is 14. The van der Waals surface area contributed by atoms with E-state index in [4.69, 9.17) is 9.47 Å². The van der Waals surface area contributed by atoms with Crippen molar-refractivity contribution in [3.8, 4) is 0 Å². The van der Waals surface area contributed by atoms with Crippen LogP contribution in [0.15, 0.2) is 0 Å². The van der Waals surface area contributed by atoms with Crippen LogP contribution < -0.4 is 0 Å². The summed E-state index contributed by atoms with van der Waals surface area (Å²) in [6.45, 7) is 8.83. The molecule has 27 heavy (non-hydrogen) atoms. The van der Waals surface area contributed by atoms with Crippen LogP contribution in [0.2, 0.25) is 0 Å². The van der Waals surface area contributed by atoms with Crippen molar-refractivity contribution in [3.05, 3.63) is 6.92 Å². The molecule has 0 aromatic heterocycles. The Hall–Kier alpha value is -0.0800. The molecule has 161 valence electrons. The van der Waals surface area contributed by atoms with Crippen LogP contribution in [0.5, 0.6) is 0 Å². The highest BCUT2D eigenvalue weighted by atomic mass is 16.5. The Bertz CT molecular complexity index is 292. The fourth-order valence-corrected chi connectivity index (χ4v) is 4.14. The summed E-state index contributed by atoms with van der Waals surface area (Å²) in [6.07, 6.45) is 24.8. The van der Waals surface area contributed by atoms with E-state index in [0.717, 1.165) is 32.2 Å². The lowest BCUT2D eigenvalue weighted by Crippen LogP contribution is -2.14. The van der Waals surface area contributed by atoms with Crippen molar-refractivity contribution < 1.29 is 9.47 Å². The molecular weight excluding hydrogens is 332 g/mol. The van der Waals surface area contributed by atoms with E-state index in [1.807, 2.05) is 0 Å². The molecule has 0 bridgehead atoms. The zero-order chi connectivity index (χ0) is 19.4. The predicted octanol–water partition coefficient (Wildman–Crippen LogP) is 7.89. The maximum Gasteiger partial charge on any atom is 0.0812 e. The molecule has 0 aromatic rings. The van der Waals surface area contributed by atoms with Gasteiger partial charge in [0.2, 0.25) is 0 Å². The third-order valence-electron chi connectivity index (χ3n) is 5.97. The first kappa shape index (κ1) is 25.0. The molecule has 2 nitrogen and oxygen atoms in total. The highest BCUT2D eigenvalue weighted by molar-refractivity contribution is 4.73. The van der Waals surface area contributed by atoms with Crippen molar-refractivity contribution >= 4 is 0 Å². The summed E-state index contributed by atoms with van der Waals surface area (Å²) in [5.74, 6) is 0.785. The van der Waals surface area contributed by atoms with Crippen molar-refractivity contribution in [2.75, 3.05) is 19.8 Å². The minimum Gasteiger partial charge on any atom is -0.379 e. The molecule has 2 unspecified atom stereocenters. The Kier molecular flexibility index (Phi) is 17.8. The molecule has 0 N–H and O–H groups in total. The quantitative estimate of drug-likeness (QED) is 0.200. The highest BCUT2D eigenvalue weighted by Crippen LogP contribution is 2.25. The zero-order valence-electron chi connectivity index (χ0n) is 18.5. The molecule has 2 heteroatoms. The molecule has 1 heterocycles. The smallest absolute Gasteiger partial charge is 0.0812 e. The predicted molar refractivity (Wildman–Crippen MR) is 118 cm³/mol. The summed E-state index contributed by atoms with van der Waals surface area (Å²) in [4.78, 5) is 0. The van der Waals surface area contributed by atoms with Gasteiger partial charge in [-0.2, -0.15) is 0 Å². The fraction of sp³-hybridized carbons (Fsp3) is 0.960. The largest absolute Gasteiger partial charge is 0.379 e. The third kappa shape index (κ3) is 15.5. The van der Waals surface area contributed by atoms with Crippen molar-refractivity contribution in [2.45, 2.75) is 129 Å². The summed E-state index contributed by atoms with van der Waals surface area (Å²) in [5.41, 5.74) is 0. The number of hydrogen-bond acceptors (Lipinski definition) is 2. The van der Waals surface area contributed by atoms with Gasteiger partial charge in [-0.15, -0.1) is 0 Å². The third-order valence-corrected chi connectivity index (χ3v) is 5.97. The van der Waals surface area contributed by atoms with Gasteiger partial charge in [0.05, 0.1) is 12.7 Å². The van der Waals surface area contributed by atoms with E-state index in [-0.39, 0.29) is 0 Å². The molecular formula is C25H49O2. The van der Waals surface area contributed by atoms with Gasteiger partial charge < -0.3 is 9.47 Å². The van der Waals surface area contributed by atoms with E-state index in [9.17, 15) is 0 Å². The van der Waals surface area contributed by atoms with Crippen LogP contribution in [-0.4, -0.2) is 25.9 Å². The average molecular weight is 382 g/mol. The molecule has 1 fully saturated rings. The molecule has 0 aromatic carbocycles. The second kappa shape index (κ2) is 19.2. The Morgan fingerprint density at radius 3 is 2.00 bits per heavy atom. The van der Waals surface area contributed by atoms with Crippen LogP contribution in [0, 0.1) is 12.8 Å². The van der Waals surface area contributed by atoms with Gasteiger partial charge in [0, 0.05) is 13.2 Å². The van der Waals surface area contributed by atoms with Crippen molar-refractivity contribution in [2.24, 2.45) is 5.92 Å². The van der Waals surface area contributed by atoms with Gasteiger partial charge in [-0.05, 0) is 25.2 Å². The van der Waals surface area contributed by atoms with Crippen LogP contribution in [0.3, 0.4) is 0 Å². The van der Waals surface area contributed by atoms with Crippen LogP contribution in [0.1, 0.15) is 122 Å². The normalized spacial score (nSPS) is 19.8. The summed E-state index contributed by atoms with van der Waals surface area (Å²) in [7, 11) is 0. The molecule has 1 saturated heterocycles. The molecule has 1 aliphatic rings. The average Bonchev–Trinajstić information content (AvgIpc) is 3.13. The molecule has 1 rings (SSSR count). The lowest BCUT2D eigenvalue weighted by atomic mass is 9.97. The molecule has 0 saturated carbocycles. The first-order valence-electron chi connectivity index (χ1n) is 12.4. The van der Waals surface area contributed by atoms with Gasteiger partial charge in [0.1, 0.15) is 0 Å². The van der Waals surface area contributed by atoms with Gasteiger partial charge in [0.15, 0.2) is 0 Å². The van der Waals surface area contributed by atoms with E-state index in [1.165, 1.54) is 109 Å². The molecule has 0 amide bonds. The minimum absolute atomic E-state index is 0.361. The number of rotatable bonds is 20. The van der Waals surface area contributed by atoms with Crippen LogP contribution in [-0.2, 0) is 9.47 Å². The molecule has 1 radical (unpaired) electrons. The van der Waals surface area contributed by atoms with E-state index in [0.29, 0.717) is 6.10 Å². The Labute approximate surface area is 171 Å². The Morgan fingerprint density at radius 1 is 0.778 bits per heavy atom. The summed E-state index contributed by atoms with van der Waals surface area (Å²) < 4.78 is 11.7. The first-order chi connectivity index (χ1) is 13.4. The van der Waals surface area contributed by atoms with Gasteiger partial charge >= 0.3 is 0 Å². The second-order valence-corrected chi connectivity index (χ2v) is 8.72. The molecule has 2 atom stereocenters. The van der Waals surface area contributed by atoms with E-state index in [1.54, 1.807) is 0 Å². The molecule has 0 spiro atoms. The van der Waals surface area contributed by atoms with Crippen molar-refractivity contribution in [3.63, 3.8) is 0 Å². The SMILES string of the molecule is [CH2]CCCCCOCC1CC(CCCCCCCCCCCCCC)CO1. The fourth-order valence-electron chi connectivity index (χ4n) is 4.14. The van der Waals surface area contributed by atoms with Gasteiger partial charge in [-0.1, -0.05) is 110 Å². The molecule has 0 aliphatic carbocycles. The minimum atomic E-state index is 0.361. The maximum absolute atomic E-state index is 5.92. The lowest BCUT2D eigenvalue weighted by Gasteiger charge is -2.10. The summed E-state index contributed by atoms with van der Waals surface area (Å²) in [5, 5.41) is 0. The van der Waals surface area contributed by atoms with Gasteiger partial charge in [0.25, 0.3) is 0 Å². The Morgan fingerprint density at radius 2 is 1.37 bits per heavy atom. The van der Waals surface area contributed by atoms with Crippen LogP contribution in [0.4, 0.5) is 0 Å². The number of hydrogen-bond donors (Lipinski definition) is 0. The van der Waals surface area contributed by atoms with Crippen LogP contribution in [0.25, 0.3) is 0 Å². The van der Waals surface area contributed by atoms with E-state index in [2.05, 4.69) is 13.8 Å². The second-order valence-electron chi connectivity index (χ2n) is 8.72. The topological polar surface area (TPSA) is 18.5 Å². The van der Waals surface area contributed by atoms with E-state index >= 15 is 0 Å². The Balaban J connectivity index is 1.79. The summed E-state index contributed by atoms with van der Waals surface area (Å²) in [6, 6.07) is 0. The van der Waals surface area contributed by atoms with E-state index < -0.39 is 0 Å². The van der Waals surface area contributed by atoms with Crippen molar-refractivity contribution in [1.29, 1.82) is 0 Å². The number of ether oxygens (including phenoxy) is 2. The lowest BCUT2D eigenvalue weighted by molar-refractivity contribution is 0.0154. The van der Waals surface area contributed by atoms with Gasteiger partial charge in [-0.3, -0.25) is 0 Å². The zero-order valence-corrected chi connectivity index (χ0v) is 18.5. The first-order valence-corrected chi connectivity index (χ1v) is 12.4. The van der Waals surface area contributed by atoms with Crippen molar-refractivity contribution in [1.82, 2.24) is 0 Å².